The summed E-state index contributed by atoms with van der Waals surface area (Å²) in [5.41, 5.74) is 6.46. The van der Waals surface area contributed by atoms with E-state index in [9.17, 15) is 4.79 Å². The Morgan fingerprint density at radius 2 is 2.14 bits per heavy atom. The number of aromatic amines is 1. The van der Waals surface area contributed by atoms with Crippen LogP contribution in [0.15, 0.2) is 53.0 Å². The molecule has 1 aliphatic heterocycles. The Labute approximate surface area is 177 Å². The zero-order chi connectivity index (χ0) is 20.1. The Morgan fingerprint density at radius 3 is 2.93 bits per heavy atom. The summed E-state index contributed by atoms with van der Waals surface area (Å²) in [6, 6.07) is 14.0. The van der Waals surface area contributed by atoms with Crippen LogP contribution >= 0.6 is 15.9 Å². The molecule has 1 amide bonds. The Morgan fingerprint density at radius 1 is 1.28 bits per heavy atom. The number of hydrogen-bond acceptors (Lipinski definition) is 4. The summed E-state index contributed by atoms with van der Waals surface area (Å²) >= 11 is 3.47. The standard InChI is InChI=1S/C22H22BrN3O3/c23-17-9-10-18-19(14-17)25-20(24-18)13-16-6-4-15(5-7-16)8-11-21(27)26-29-22-3-1-2-12-28-22/h4-11,14,22H,1-3,12-13H2,(H,24,25)(H,26,27). The molecule has 4 rings (SSSR count). The average Bonchev–Trinajstić information content (AvgIpc) is 3.14. The molecule has 1 aromatic heterocycles. The normalized spacial score (nSPS) is 17.1. The number of carbonyl (C=O) groups excluding carboxylic acids is 1. The number of aromatic nitrogens is 2. The second kappa shape index (κ2) is 9.35. The molecule has 0 saturated carbocycles. The topological polar surface area (TPSA) is 76.2 Å². The summed E-state index contributed by atoms with van der Waals surface area (Å²) in [6.45, 7) is 0.675. The number of rotatable bonds is 6. The maximum absolute atomic E-state index is 11.9. The second-order valence-corrected chi connectivity index (χ2v) is 7.89. The van der Waals surface area contributed by atoms with Crippen molar-refractivity contribution in [2.45, 2.75) is 32.0 Å². The first-order chi connectivity index (χ1) is 14.2. The van der Waals surface area contributed by atoms with Crippen LogP contribution in [0.1, 0.15) is 36.2 Å². The van der Waals surface area contributed by atoms with E-state index < -0.39 is 0 Å². The molecule has 1 atom stereocenters. The molecule has 1 saturated heterocycles. The first-order valence-electron chi connectivity index (χ1n) is 9.64. The van der Waals surface area contributed by atoms with Crippen molar-refractivity contribution >= 4 is 38.9 Å². The highest BCUT2D eigenvalue weighted by atomic mass is 79.9. The number of hydrogen-bond donors (Lipinski definition) is 2. The molecular weight excluding hydrogens is 434 g/mol. The van der Waals surface area contributed by atoms with Gasteiger partial charge in [0.25, 0.3) is 5.91 Å². The highest BCUT2D eigenvalue weighted by Gasteiger charge is 2.14. The van der Waals surface area contributed by atoms with Crippen molar-refractivity contribution in [3.05, 3.63) is 70.0 Å². The molecule has 1 fully saturated rings. The number of amides is 1. The van der Waals surface area contributed by atoms with E-state index in [2.05, 4.69) is 31.4 Å². The molecule has 2 heterocycles. The Hall–Kier alpha value is -2.48. The van der Waals surface area contributed by atoms with Crippen LogP contribution in [0.2, 0.25) is 0 Å². The Bertz CT molecular complexity index is 1010. The number of carbonyl (C=O) groups is 1. The molecule has 1 unspecified atom stereocenters. The SMILES string of the molecule is O=C(C=Cc1ccc(Cc2nc3ccc(Br)cc3[nH]2)cc1)NOC1CCCCO1. The molecule has 150 valence electrons. The van der Waals surface area contributed by atoms with E-state index in [1.54, 1.807) is 6.08 Å². The summed E-state index contributed by atoms with van der Waals surface area (Å²) in [4.78, 5) is 25.1. The first-order valence-corrected chi connectivity index (χ1v) is 10.4. The van der Waals surface area contributed by atoms with Gasteiger partial charge in [0, 0.05) is 30.0 Å². The van der Waals surface area contributed by atoms with Gasteiger partial charge in [-0.1, -0.05) is 40.2 Å². The van der Waals surface area contributed by atoms with Gasteiger partial charge in [-0.15, -0.1) is 0 Å². The van der Waals surface area contributed by atoms with Crippen molar-refractivity contribution in [3.8, 4) is 0 Å². The van der Waals surface area contributed by atoms with E-state index >= 15 is 0 Å². The molecule has 2 N–H and O–H groups in total. The minimum absolute atomic E-state index is 0.309. The van der Waals surface area contributed by atoms with Gasteiger partial charge >= 0.3 is 0 Å². The Balaban J connectivity index is 1.30. The van der Waals surface area contributed by atoms with Gasteiger partial charge in [0.15, 0.2) is 6.29 Å². The lowest BCUT2D eigenvalue weighted by atomic mass is 10.1. The monoisotopic (exact) mass is 455 g/mol. The fourth-order valence-corrected chi connectivity index (χ4v) is 3.55. The second-order valence-electron chi connectivity index (χ2n) is 6.98. The molecule has 0 spiro atoms. The zero-order valence-electron chi connectivity index (χ0n) is 15.9. The van der Waals surface area contributed by atoms with Gasteiger partial charge in [0.2, 0.25) is 0 Å². The molecule has 1 aliphatic rings. The molecule has 0 radical (unpaired) electrons. The lowest BCUT2D eigenvalue weighted by Crippen LogP contribution is -2.32. The number of hydroxylamine groups is 1. The number of nitrogens with one attached hydrogen (secondary N) is 2. The largest absolute Gasteiger partial charge is 0.350 e. The quantitative estimate of drug-likeness (QED) is 0.423. The summed E-state index contributed by atoms with van der Waals surface area (Å²) in [7, 11) is 0. The summed E-state index contributed by atoms with van der Waals surface area (Å²) in [5.74, 6) is 0.611. The number of fused-ring (bicyclic) bond motifs is 1. The van der Waals surface area contributed by atoms with E-state index in [1.807, 2.05) is 42.5 Å². The number of halogens is 1. The fraction of sp³-hybridized carbons (Fsp3) is 0.273. The highest BCUT2D eigenvalue weighted by Crippen LogP contribution is 2.19. The van der Waals surface area contributed by atoms with Crippen molar-refractivity contribution in [2.75, 3.05) is 6.61 Å². The minimum Gasteiger partial charge on any atom is -0.350 e. The molecule has 2 aromatic carbocycles. The van der Waals surface area contributed by atoms with Crippen LogP contribution in [-0.4, -0.2) is 28.8 Å². The molecule has 29 heavy (non-hydrogen) atoms. The van der Waals surface area contributed by atoms with Crippen LogP contribution in [-0.2, 0) is 20.8 Å². The fourth-order valence-electron chi connectivity index (χ4n) is 3.19. The smallest absolute Gasteiger partial charge is 0.267 e. The van der Waals surface area contributed by atoms with E-state index in [-0.39, 0.29) is 12.2 Å². The third-order valence-corrected chi connectivity index (χ3v) is 5.19. The predicted molar refractivity (Wildman–Crippen MR) is 115 cm³/mol. The number of benzene rings is 2. The third kappa shape index (κ3) is 5.53. The van der Waals surface area contributed by atoms with E-state index in [1.165, 1.54) is 6.08 Å². The van der Waals surface area contributed by atoms with Gasteiger partial charge in [-0.25, -0.2) is 15.3 Å². The van der Waals surface area contributed by atoms with Gasteiger partial charge < -0.3 is 9.72 Å². The van der Waals surface area contributed by atoms with Crippen molar-refractivity contribution in [1.82, 2.24) is 15.4 Å². The van der Waals surface area contributed by atoms with Crippen LogP contribution in [0.4, 0.5) is 0 Å². The van der Waals surface area contributed by atoms with E-state index in [0.717, 1.165) is 51.7 Å². The van der Waals surface area contributed by atoms with Gasteiger partial charge in [0.05, 0.1) is 11.0 Å². The lowest BCUT2D eigenvalue weighted by Gasteiger charge is -2.21. The molecule has 7 heteroatoms. The summed E-state index contributed by atoms with van der Waals surface area (Å²) in [6.07, 6.45) is 6.46. The molecule has 6 nitrogen and oxygen atoms in total. The number of H-pyrrole nitrogens is 1. The van der Waals surface area contributed by atoms with Crippen LogP contribution in [0, 0.1) is 0 Å². The Kier molecular flexibility index (Phi) is 6.39. The number of imidazole rings is 1. The molecule has 0 bridgehead atoms. The average molecular weight is 456 g/mol. The van der Waals surface area contributed by atoms with Crippen LogP contribution in [0.3, 0.4) is 0 Å². The maximum Gasteiger partial charge on any atom is 0.267 e. The van der Waals surface area contributed by atoms with Crippen LogP contribution < -0.4 is 5.48 Å². The molecular formula is C22H22BrN3O3. The molecule has 3 aromatic rings. The first kappa shape index (κ1) is 19.8. The lowest BCUT2D eigenvalue weighted by molar-refractivity contribution is -0.198. The van der Waals surface area contributed by atoms with Gasteiger partial charge in [-0.05, 0) is 48.2 Å². The summed E-state index contributed by atoms with van der Waals surface area (Å²) in [5, 5.41) is 0. The van der Waals surface area contributed by atoms with E-state index in [0.29, 0.717) is 13.0 Å². The minimum atomic E-state index is -0.347. The highest BCUT2D eigenvalue weighted by molar-refractivity contribution is 9.10. The van der Waals surface area contributed by atoms with Crippen LogP contribution in [0.5, 0.6) is 0 Å². The summed E-state index contributed by atoms with van der Waals surface area (Å²) < 4.78 is 6.43. The van der Waals surface area contributed by atoms with Crippen molar-refractivity contribution in [2.24, 2.45) is 0 Å². The van der Waals surface area contributed by atoms with Crippen molar-refractivity contribution in [1.29, 1.82) is 0 Å². The maximum atomic E-state index is 11.9. The van der Waals surface area contributed by atoms with E-state index in [4.69, 9.17) is 9.57 Å². The van der Waals surface area contributed by atoms with Gasteiger partial charge in [-0.3, -0.25) is 4.79 Å². The molecule has 0 aliphatic carbocycles. The number of ether oxygens (including phenoxy) is 1. The van der Waals surface area contributed by atoms with Gasteiger partial charge in [0.1, 0.15) is 5.82 Å². The van der Waals surface area contributed by atoms with Gasteiger partial charge in [-0.2, -0.15) is 0 Å². The predicted octanol–water partition coefficient (Wildman–Crippen LogP) is 4.50. The van der Waals surface area contributed by atoms with Crippen molar-refractivity contribution in [3.63, 3.8) is 0 Å². The van der Waals surface area contributed by atoms with Crippen LogP contribution in [0.25, 0.3) is 17.1 Å². The third-order valence-electron chi connectivity index (χ3n) is 4.70. The zero-order valence-corrected chi connectivity index (χ0v) is 17.4. The van der Waals surface area contributed by atoms with Crippen molar-refractivity contribution < 1.29 is 14.4 Å². The number of nitrogens with zero attached hydrogens (tertiary/aromatic N) is 1.